The summed E-state index contributed by atoms with van der Waals surface area (Å²) >= 11 is 0. The summed E-state index contributed by atoms with van der Waals surface area (Å²) in [5.41, 5.74) is 11.7. The molecule has 0 bridgehead atoms. The number of rotatable bonds is 1. The predicted octanol–water partition coefficient (Wildman–Crippen LogP) is 2.93. The van der Waals surface area contributed by atoms with Crippen LogP contribution in [-0.2, 0) is 0 Å². The second kappa shape index (κ2) is 4.34. The van der Waals surface area contributed by atoms with Crippen molar-refractivity contribution in [1.82, 2.24) is 0 Å². The summed E-state index contributed by atoms with van der Waals surface area (Å²) < 4.78 is 0. The molecule has 0 aliphatic carbocycles. The maximum Gasteiger partial charge on any atom is 0.0426 e. The second-order valence-electron chi connectivity index (χ2n) is 5.93. The zero-order valence-corrected chi connectivity index (χ0v) is 11.5. The molecule has 0 amide bonds. The fourth-order valence-electron chi connectivity index (χ4n) is 3.13. The van der Waals surface area contributed by atoms with E-state index in [1.54, 1.807) is 0 Å². The molecule has 0 saturated carbocycles. The van der Waals surface area contributed by atoms with E-state index in [4.69, 9.17) is 5.73 Å². The summed E-state index contributed by atoms with van der Waals surface area (Å²) in [5.74, 6) is 0. The predicted molar refractivity (Wildman–Crippen MR) is 74.7 cm³/mol. The zero-order valence-electron chi connectivity index (χ0n) is 11.5. The first-order chi connectivity index (χ1) is 7.89. The van der Waals surface area contributed by atoms with Crippen molar-refractivity contribution in [2.45, 2.75) is 46.1 Å². The Morgan fingerprint density at radius 1 is 1.18 bits per heavy atom. The number of benzene rings is 1. The maximum absolute atomic E-state index is 6.29. The molecule has 17 heavy (non-hydrogen) atoms. The van der Waals surface area contributed by atoms with Crippen molar-refractivity contribution in [3.8, 4) is 0 Å². The first kappa shape index (κ1) is 12.4. The Bertz CT molecular complexity index is 398. The van der Waals surface area contributed by atoms with E-state index in [0.29, 0.717) is 0 Å². The molecule has 2 nitrogen and oxygen atoms in total. The van der Waals surface area contributed by atoms with Crippen LogP contribution < -0.4 is 10.6 Å². The topological polar surface area (TPSA) is 29.3 Å². The molecular formula is C15H24N2. The minimum absolute atomic E-state index is 0.0397. The Labute approximate surface area is 105 Å². The van der Waals surface area contributed by atoms with Gasteiger partial charge in [0.1, 0.15) is 0 Å². The molecule has 1 aliphatic heterocycles. The van der Waals surface area contributed by atoms with Crippen LogP contribution in [-0.4, -0.2) is 18.6 Å². The third-order valence-corrected chi connectivity index (χ3v) is 3.68. The van der Waals surface area contributed by atoms with E-state index >= 15 is 0 Å². The monoisotopic (exact) mass is 232 g/mol. The van der Waals surface area contributed by atoms with Gasteiger partial charge in [0.2, 0.25) is 0 Å². The fraction of sp³-hybridized carbons (Fsp3) is 0.600. The van der Waals surface area contributed by atoms with Crippen LogP contribution in [0.2, 0.25) is 0 Å². The normalized spacial score (nSPS) is 25.1. The molecule has 1 heterocycles. The first-order valence-electron chi connectivity index (χ1n) is 6.51. The summed E-state index contributed by atoms with van der Waals surface area (Å²) in [6.07, 6.45) is 2.33. The van der Waals surface area contributed by atoms with Gasteiger partial charge in [0.25, 0.3) is 0 Å². The van der Waals surface area contributed by atoms with Crippen LogP contribution in [0.15, 0.2) is 12.1 Å². The Morgan fingerprint density at radius 2 is 1.76 bits per heavy atom. The maximum atomic E-state index is 6.29. The van der Waals surface area contributed by atoms with Crippen LogP contribution in [0.3, 0.4) is 0 Å². The van der Waals surface area contributed by atoms with E-state index in [0.717, 1.165) is 19.5 Å². The Morgan fingerprint density at radius 3 is 2.29 bits per heavy atom. The van der Waals surface area contributed by atoms with Crippen molar-refractivity contribution in [1.29, 1.82) is 0 Å². The molecule has 2 rings (SSSR count). The van der Waals surface area contributed by atoms with Crippen LogP contribution in [0, 0.1) is 20.8 Å². The highest BCUT2D eigenvalue weighted by molar-refractivity contribution is 5.60. The van der Waals surface area contributed by atoms with Crippen molar-refractivity contribution in [2.75, 3.05) is 18.0 Å². The molecular weight excluding hydrogens is 208 g/mol. The molecule has 1 atom stereocenters. The lowest BCUT2D eigenvalue weighted by molar-refractivity contribution is 0.374. The van der Waals surface area contributed by atoms with Gasteiger partial charge in [0, 0.05) is 24.3 Å². The van der Waals surface area contributed by atoms with Gasteiger partial charge in [-0.1, -0.05) is 17.7 Å². The molecule has 1 unspecified atom stereocenters. The first-order valence-corrected chi connectivity index (χ1v) is 6.51. The number of hydrogen-bond donors (Lipinski definition) is 1. The van der Waals surface area contributed by atoms with E-state index in [-0.39, 0.29) is 5.54 Å². The molecule has 2 heteroatoms. The van der Waals surface area contributed by atoms with Crippen LogP contribution in [0.4, 0.5) is 5.69 Å². The molecule has 0 radical (unpaired) electrons. The molecule has 1 aromatic carbocycles. The van der Waals surface area contributed by atoms with Crippen molar-refractivity contribution >= 4 is 5.69 Å². The molecule has 94 valence electrons. The van der Waals surface area contributed by atoms with Crippen molar-refractivity contribution in [2.24, 2.45) is 5.73 Å². The van der Waals surface area contributed by atoms with E-state index in [1.165, 1.54) is 28.8 Å². The van der Waals surface area contributed by atoms with Crippen LogP contribution in [0.5, 0.6) is 0 Å². The van der Waals surface area contributed by atoms with Crippen LogP contribution in [0.1, 0.15) is 36.5 Å². The van der Waals surface area contributed by atoms with Gasteiger partial charge in [-0.15, -0.1) is 0 Å². The van der Waals surface area contributed by atoms with Crippen LogP contribution >= 0.6 is 0 Å². The largest absolute Gasteiger partial charge is 0.369 e. The SMILES string of the molecule is Cc1cc(C)c(N2CCCC(C)(N)C2)c(C)c1. The molecule has 0 aromatic heterocycles. The number of nitrogens with two attached hydrogens (primary N) is 1. The van der Waals surface area contributed by atoms with Gasteiger partial charge in [-0.05, 0) is 51.7 Å². The van der Waals surface area contributed by atoms with E-state index in [9.17, 15) is 0 Å². The number of aryl methyl sites for hydroxylation is 3. The molecule has 1 aromatic rings. The number of hydrogen-bond acceptors (Lipinski definition) is 2. The second-order valence-corrected chi connectivity index (χ2v) is 5.93. The fourth-order valence-corrected chi connectivity index (χ4v) is 3.13. The highest BCUT2D eigenvalue weighted by Gasteiger charge is 2.28. The van der Waals surface area contributed by atoms with Crippen LogP contribution in [0.25, 0.3) is 0 Å². The minimum atomic E-state index is -0.0397. The Balaban J connectivity index is 2.34. The number of piperidine rings is 1. The average molecular weight is 232 g/mol. The number of nitrogens with zero attached hydrogens (tertiary/aromatic N) is 1. The summed E-state index contributed by atoms with van der Waals surface area (Å²) in [4.78, 5) is 2.47. The smallest absolute Gasteiger partial charge is 0.0426 e. The van der Waals surface area contributed by atoms with Gasteiger partial charge in [-0.3, -0.25) is 0 Å². The molecule has 1 fully saturated rings. The van der Waals surface area contributed by atoms with E-state index in [2.05, 4.69) is 44.7 Å². The van der Waals surface area contributed by atoms with Gasteiger partial charge in [-0.2, -0.15) is 0 Å². The minimum Gasteiger partial charge on any atom is -0.369 e. The zero-order chi connectivity index (χ0) is 12.6. The van der Waals surface area contributed by atoms with E-state index in [1.807, 2.05) is 0 Å². The molecule has 2 N–H and O–H groups in total. The summed E-state index contributed by atoms with van der Waals surface area (Å²) in [6.45, 7) is 10.8. The van der Waals surface area contributed by atoms with Gasteiger partial charge < -0.3 is 10.6 Å². The van der Waals surface area contributed by atoms with E-state index < -0.39 is 0 Å². The standard InChI is InChI=1S/C15H24N2/c1-11-8-12(2)14(13(3)9-11)17-7-5-6-15(4,16)10-17/h8-9H,5-7,10,16H2,1-4H3. The summed E-state index contributed by atoms with van der Waals surface area (Å²) in [5, 5.41) is 0. The van der Waals surface area contributed by atoms with Crippen molar-refractivity contribution in [3.63, 3.8) is 0 Å². The lowest BCUT2D eigenvalue weighted by atomic mass is 9.91. The van der Waals surface area contributed by atoms with Crippen molar-refractivity contribution in [3.05, 3.63) is 28.8 Å². The lowest BCUT2D eigenvalue weighted by Gasteiger charge is -2.40. The highest BCUT2D eigenvalue weighted by Crippen LogP contribution is 2.30. The third kappa shape index (κ3) is 2.63. The van der Waals surface area contributed by atoms with Gasteiger partial charge >= 0.3 is 0 Å². The quantitative estimate of drug-likeness (QED) is 0.806. The molecule has 0 spiro atoms. The summed E-state index contributed by atoms with van der Waals surface area (Å²) in [7, 11) is 0. The Kier molecular flexibility index (Phi) is 3.17. The van der Waals surface area contributed by atoms with Crippen molar-refractivity contribution < 1.29 is 0 Å². The molecule has 1 saturated heterocycles. The number of anilines is 1. The van der Waals surface area contributed by atoms with Gasteiger partial charge in [0.15, 0.2) is 0 Å². The Hall–Kier alpha value is -1.02. The third-order valence-electron chi connectivity index (χ3n) is 3.68. The average Bonchev–Trinajstić information content (AvgIpc) is 2.13. The highest BCUT2D eigenvalue weighted by atomic mass is 15.2. The van der Waals surface area contributed by atoms with Gasteiger partial charge in [-0.25, -0.2) is 0 Å². The molecule has 1 aliphatic rings. The van der Waals surface area contributed by atoms with Gasteiger partial charge in [0.05, 0.1) is 0 Å². The summed E-state index contributed by atoms with van der Waals surface area (Å²) in [6, 6.07) is 4.54. The lowest BCUT2D eigenvalue weighted by Crippen LogP contribution is -2.52.